The van der Waals surface area contributed by atoms with E-state index in [2.05, 4.69) is 15.9 Å². The van der Waals surface area contributed by atoms with Crippen LogP contribution in [0.2, 0.25) is 10.0 Å². The number of benzene rings is 1. The molecule has 1 aliphatic rings. The summed E-state index contributed by atoms with van der Waals surface area (Å²) in [4.78, 5) is 2.04. The van der Waals surface area contributed by atoms with Crippen molar-refractivity contribution in [2.45, 2.75) is 4.90 Å². The van der Waals surface area contributed by atoms with Crippen molar-refractivity contribution in [1.82, 2.24) is 9.21 Å². The first-order chi connectivity index (χ1) is 9.86. The van der Waals surface area contributed by atoms with E-state index in [1.165, 1.54) is 16.4 Å². The molecule has 2 rings (SSSR count). The van der Waals surface area contributed by atoms with E-state index in [1.54, 1.807) is 0 Å². The second kappa shape index (κ2) is 7.12. The van der Waals surface area contributed by atoms with Gasteiger partial charge in [-0.25, -0.2) is 8.42 Å². The quantitative estimate of drug-likeness (QED) is 0.761. The van der Waals surface area contributed by atoms with Crippen molar-refractivity contribution in [1.29, 1.82) is 0 Å². The molecule has 1 aliphatic heterocycles. The topological polar surface area (TPSA) is 60.9 Å². The van der Waals surface area contributed by atoms with Crippen LogP contribution >= 0.6 is 39.1 Å². The molecule has 5 nitrogen and oxygen atoms in total. The number of piperazine rings is 1. The number of aliphatic hydroxyl groups is 1. The van der Waals surface area contributed by atoms with Crippen LogP contribution < -0.4 is 0 Å². The number of hydrogen-bond donors (Lipinski definition) is 1. The van der Waals surface area contributed by atoms with Gasteiger partial charge in [0.1, 0.15) is 4.90 Å². The molecule has 0 unspecified atom stereocenters. The zero-order valence-electron chi connectivity index (χ0n) is 11.1. The van der Waals surface area contributed by atoms with Crippen LogP contribution in [-0.2, 0) is 10.0 Å². The lowest BCUT2D eigenvalue weighted by molar-refractivity contribution is 0.151. The van der Waals surface area contributed by atoms with Gasteiger partial charge in [0.25, 0.3) is 0 Å². The molecule has 1 aromatic rings. The smallest absolute Gasteiger partial charge is 0.244 e. The van der Waals surface area contributed by atoms with Crippen molar-refractivity contribution in [3.8, 4) is 0 Å². The highest BCUT2D eigenvalue weighted by Crippen LogP contribution is 2.33. The third-order valence-corrected chi connectivity index (χ3v) is 6.90. The van der Waals surface area contributed by atoms with E-state index in [1.807, 2.05) is 4.90 Å². The van der Waals surface area contributed by atoms with Crippen molar-refractivity contribution in [3.05, 3.63) is 26.7 Å². The average Bonchev–Trinajstić information content (AvgIpc) is 2.43. The first kappa shape index (κ1) is 17.5. The Labute approximate surface area is 142 Å². The summed E-state index contributed by atoms with van der Waals surface area (Å²) in [6.45, 7) is 2.53. The molecule has 1 heterocycles. The van der Waals surface area contributed by atoms with Crippen LogP contribution in [0.1, 0.15) is 0 Å². The first-order valence-electron chi connectivity index (χ1n) is 6.34. The molecule has 0 aromatic heterocycles. The van der Waals surface area contributed by atoms with Gasteiger partial charge in [0.15, 0.2) is 0 Å². The zero-order chi connectivity index (χ0) is 15.6. The van der Waals surface area contributed by atoms with Crippen LogP contribution in [0.5, 0.6) is 0 Å². The number of rotatable bonds is 4. The highest BCUT2D eigenvalue weighted by atomic mass is 79.9. The van der Waals surface area contributed by atoms with Crippen molar-refractivity contribution >= 4 is 49.2 Å². The van der Waals surface area contributed by atoms with Crippen LogP contribution in [0.15, 0.2) is 21.5 Å². The van der Waals surface area contributed by atoms with Crippen molar-refractivity contribution < 1.29 is 13.5 Å². The normalized spacial score (nSPS) is 18.1. The molecule has 1 aromatic carbocycles. The van der Waals surface area contributed by atoms with Crippen LogP contribution in [0.3, 0.4) is 0 Å². The number of hydrogen-bond acceptors (Lipinski definition) is 4. The Balaban J connectivity index is 2.22. The molecule has 0 saturated carbocycles. The summed E-state index contributed by atoms with van der Waals surface area (Å²) >= 11 is 15.2. The maximum absolute atomic E-state index is 12.6. The fraction of sp³-hybridized carbons (Fsp3) is 0.500. The minimum absolute atomic E-state index is 0.0213. The van der Waals surface area contributed by atoms with E-state index in [9.17, 15) is 8.42 Å². The van der Waals surface area contributed by atoms with Gasteiger partial charge in [-0.3, -0.25) is 4.90 Å². The summed E-state index contributed by atoms with van der Waals surface area (Å²) in [5.41, 5.74) is 0. The molecular formula is C12H15BrCl2N2O3S. The van der Waals surface area contributed by atoms with Gasteiger partial charge in [0.05, 0.1) is 16.7 Å². The van der Waals surface area contributed by atoms with Crippen LogP contribution in [0.25, 0.3) is 0 Å². The Kier molecular flexibility index (Phi) is 5.92. The SMILES string of the molecule is O=S(=O)(c1cc(Cl)c(Br)cc1Cl)N1CCN(CCO)CC1. The lowest BCUT2D eigenvalue weighted by Gasteiger charge is -2.33. The molecule has 0 atom stereocenters. The predicted molar refractivity (Wildman–Crippen MR) is 86.4 cm³/mol. The highest BCUT2D eigenvalue weighted by Gasteiger charge is 2.30. The lowest BCUT2D eigenvalue weighted by atomic mass is 10.3. The van der Waals surface area contributed by atoms with E-state index in [0.717, 1.165) is 0 Å². The average molecular weight is 418 g/mol. The fourth-order valence-electron chi connectivity index (χ4n) is 2.18. The molecule has 1 N–H and O–H groups in total. The van der Waals surface area contributed by atoms with Gasteiger partial charge in [-0.2, -0.15) is 4.31 Å². The molecule has 0 aliphatic carbocycles. The van der Waals surface area contributed by atoms with Crippen LogP contribution in [-0.4, -0.2) is 62.1 Å². The third kappa shape index (κ3) is 3.90. The standard InChI is InChI=1S/C12H15BrCl2N2O3S/c13-9-7-11(15)12(8-10(9)14)21(19,20)17-3-1-16(2-4-17)5-6-18/h7-8,18H,1-6H2. The van der Waals surface area contributed by atoms with Crippen molar-refractivity contribution in [3.63, 3.8) is 0 Å². The molecule has 0 spiro atoms. The summed E-state index contributed by atoms with van der Waals surface area (Å²) in [6, 6.07) is 2.85. The molecule has 1 saturated heterocycles. The monoisotopic (exact) mass is 416 g/mol. The second-order valence-electron chi connectivity index (χ2n) is 4.67. The molecule has 1 fully saturated rings. The summed E-state index contributed by atoms with van der Waals surface area (Å²) in [6.07, 6.45) is 0. The van der Waals surface area contributed by atoms with Gasteiger partial charge in [0, 0.05) is 37.2 Å². The molecule has 0 amide bonds. The molecule has 0 radical (unpaired) electrons. The highest BCUT2D eigenvalue weighted by molar-refractivity contribution is 9.10. The number of β-amino-alcohol motifs (C(OH)–C–C–N with tert-alkyl or cyclic N) is 1. The van der Waals surface area contributed by atoms with Gasteiger partial charge >= 0.3 is 0 Å². The number of halogens is 3. The molecule has 118 valence electrons. The molecule has 0 bridgehead atoms. The molecule has 21 heavy (non-hydrogen) atoms. The fourth-order valence-corrected chi connectivity index (χ4v) is 4.83. The molecule has 9 heteroatoms. The zero-order valence-corrected chi connectivity index (χ0v) is 15.0. The maximum Gasteiger partial charge on any atom is 0.244 e. The second-order valence-corrected chi connectivity index (χ2v) is 8.24. The van der Waals surface area contributed by atoms with E-state index in [0.29, 0.717) is 42.2 Å². The minimum atomic E-state index is -3.66. The maximum atomic E-state index is 12.6. The number of aliphatic hydroxyl groups excluding tert-OH is 1. The number of sulfonamides is 1. The Morgan fingerprint density at radius 3 is 2.33 bits per heavy atom. The Morgan fingerprint density at radius 2 is 1.76 bits per heavy atom. The molecular weight excluding hydrogens is 403 g/mol. The summed E-state index contributed by atoms with van der Waals surface area (Å²) in [5.74, 6) is 0. The van der Waals surface area contributed by atoms with Gasteiger partial charge < -0.3 is 5.11 Å². The van der Waals surface area contributed by atoms with Crippen LogP contribution in [0.4, 0.5) is 0 Å². The van der Waals surface area contributed by atoms with E-state index >= 15 is 0 Å². The van der Waals surface area contributed by atoms with E-state index < -0.39 is 10.0 Å². The number of nitrogens with zero attached hydrogens (tertiary/aromatic N) is 2. The van der Waals surface area contributed by atoms with Crippen molar-refractivity contribution in [2.75, 3.05) is 39.3 Å². The van der Waals surface area contributed by atoms with E-state index in [4.69, 9.17) is 28.3 Å². The lowest BCUT2D eigenvalue weighted by Crippen LogP contribution is -2.49. The Hall–Kier alpha value is 0.110. The van der Waals surface area contributed by atoms with Crippen molar-refractivity contribution in [2.24, 2.45) is 0 Å². The first-order valence-corrected chi connectivity index (χ1v) is 9.33. The van der Waals surface area contributed by atoms with Gasteiger partial charge in [-0.15, -0.1) is 0 Å². The predicted octanol–water partition coefficient (Wildman–Crippen LogP) is 2.05. The van der Waals surface area contributed by atoms with Gasteiger partial charge in [-0.05, 0) is 28.1 Å². The minimum Gasteiger partial charge on any atom is -0.395 e. The van der Waals surface area contributed by atoms with Crippen LogP contribution in [0, 0.1) is 0 Å². The summed E-state index contributed by atoms with van der Waals surface area (Å²) < 4.78 is 27.2. The largest absolute Gasteiger partial charge is 0.395 e. The summed E-state index contributed by atoms with van der Waals surface area (Å²) in [7, 11) is -3.66. The van der Waals surface area contributed by atoms with Gasteiger partial charge in [-0.1, -0.05) is 23.2 Å². The Bertz CT molecular complexity index is 619. The summed E-state index contributed by atoms with van der Waals surface area (Å²) in [5, 5.41) is 9.35. The third-order valence-electron chi connectivity index (χ3n) is 3.34. The van der Waals surface area contributed by atoms with Gasteiger partial charge in [0.2, 0.25) is 10.0 Å². The van der Waals surface area contributed by atoms with E-state index in [-0.39, 0.29) is 16.5 Å². The Morgan fingerprint density at radius 1 is 1.14 bits per heavy atom.